The summed E-state index contributed by atoms with van der Waals surface area (Å²) in [5, 5.41) is 29.5. The van der Waals surface area contributed by atoms with Gasteiger partial charge in [-0.05, 0) is 61.6 Å². The van der Waals surface area contributed by atoms with Crippen LogP contribution in [0, 0.1) is 19.8 Å². The first-order valence-electron chi connectivity index (χ1n) is 10.5. The summed E-state index contributed by atoms with van der Waals surface area (Å²) in [5.74, 6) is 1.63. The molecule has 0 bridgehead atoms. The molecule has 8 nitrogen and oxygen atoms in total. The fraction of sp³-hybridized carbons (Fsp3) is 0.435. The Bertz CT molecular complexity index is 1040. The van der Waals surface area contributed by atoms with Crippen molar-refractivity contribution >= 4 is 17.2 Å². The van der Waals surface area contributed by atoms with Crippen LogP contribution in [0.15, 0.2) is 28.7 Å². The Hall–Kier alpha value is -2.75. The highest BCUT2D eigenvalue weighted by molar-refractivity contribution is 7.15. The van der Waals surface area contributed by atoms with Crippen molar-refractivity contribution in [1.29, 1.82) is 0 Å². The van der Waals surface area contributed by atoms with Crippen LogP contribution in [-0.4, -0.2) is 52.2 Å². The van der Waals surface area contributed by atoms with Crippen molar-refractivity contribution in [2.45, 2.75) is 40.2 Å². The lowest BCUT2D eigenvalue weighted by atomic mass is 10.1. The molecule has 9 heteroatoms. The summed E-state index contributed by atoms with van der Waals surface area (Å²) in [6, 6.07) is 7.92. The maximum absolute atomic E-state index is 11.1. The number of aliphatic hydroxyl groups excluding tert-OH is 2. The zero-order chi connectivity index (χ0) is 23.3. The highest BCUT2D eigenvalue weighted by atomic mass is 32.1. The standard InChI is InChI=1S/C23H29N3O5S/c1-13(2)7-18-5-6-19(32-18)23-26-25-22(31-23)16-8-14(3)21(15(4)9-16)30-12-17(28)10-24-20(29)11-27/h5-6,8-9,13,17,27-28H,7,10-12H2,1-4H3,(H,24,29)/t17-/m0/s1. The van der Waals surface area contributed by atoms with E-state index in [1.165, 1.54) is 4.88 Å². The fourth-order valence-electron chi connectivity index (χ4n) is 3.27. The molecule has 0 radical (unpaired) electrons. The number of thiophene rings is 1. The molecule has 0 fully saturated rings. The van der Waals surface area contributed by atoms with Gasteiger partial charge in [-0.25, -0.2) is 0 Å². The number of ether oxygens (including phenoxy) is 1. The zero-order valence-electron chi connectivity index (χ0n) is 18.7. The lowest BCUT2D eigenvalue weighted by molar-refractivity contribution is -0.124. The summed E-state index contributed by atoms with van der Waals surface area (Å²) in [4.78, 5) is 13.3. The average Bonchev–Trinajstić information content (AvgIpc) is 3.40. The number of amides is 1. The summed E-state index contributed by atoms with van der Waals surface area (Å²) in [6.07, 6.45) is 0.127. The number of carbonyl (C=O) groups excluding carboxylic acids is 1. The van der Waals surface area contributed by atoms with Crippen LogP contribution in [0.2, 0.25) is 0 Å². The maximum atomic E-state index is 11.1. The Labute approximate surface area is 191 Å². The largest absolute Gasteiger partial charge is 0.490 e. The zero-order valence-corrected chi connectivity index (χ0v) is 19.5. The van der Waals surface area contributed by atoms with E-state index in [0.717, 1.165) is 28.0 Å². The molecule has 0 spiro atoms. The summed E-state index contributed by atoms with van der Waals surface area (Å²) >= 11 is 1.67. The number of rotatable bonds is 10. The quantitative estimate of drug-likeness (QED) is 0.426. The van der Waals surface area contributed by atoms with Gasteiger partial charge in [0.2, 0.25) is 11.8 Å². The smallest absolute Gasteiger partial charge is 0.258 e. The first-order chi connectivity index (χ1) is 15.3. The van der Waals surface area contributed by atoms with E-state index >= 15 is 0 Å². The molecule has 3 N–H and O–H groups in total. The van der Waals surface area contributed by atoms with Crippen molar-refractivity contribution in [3.8, 4) is 28.0 Å². The summed E-state index contributed by atoms with van der Waals surface area (Å²) in [5.41, 5.74) is 2.52. The van der Waals surface area contributed by atoms with Crippen LogP contribution < -0.4 is 10.1 Å². The van der Waals surface area contributed by atoms with E-state index in [2.05, 4.69) is 35.4 Å². The van der Waals surface area contributed by atoms with Crippen LogP contribution in [0.1, 0.15) is 29.9 Å². The summed E-state index contributed by atoms with van der Waals surface area (Å²) < 4.78 is 11.7. The predicted octanol–water partition coefficient (Wildman–Crippen LogP) is 3.13. The molecule has 1 amide bonds. The van der Waals surface area contributed by atoms with E-state index in [1.54, 1.807) is 11.3 Å². The molecule has 0 aliphatic carbocycles. The predicted molar refractivity (Wildman–Crippen MR) is 123 cm³/mol. The average molecular weight is 460 g/mol. The lowest BCUT2D eigenvalue weighted by Gasteiger charge is -2.16. The molecule has 0 aliphatic heterocycles. The third kappa shape index (κ3) is 6.15. The number of hydrogen-bond donors (Lipinski definition) is 3. The third-order valence-electron chi connectivity index (χ3n) is 4.71. The third-order valence-corrected chi connectivity index (χ3v) is 5.81. The van der Waals surface area contributed by atoms with E-state index < -0.39 is 18.6 Å². The van der Waals surface area contributed by atoms with Crippen LogP contribution in [-0.2, 0) is 11.2 Å². The fourth-order valence-corrected chi connectivity index (χ4v) is 4.41. The summed E-state index contributed by atoms with van der Waals surface area (Å²) in [7, 11) is 0. The van der Waals surface area contributed by atoms with E-state index in [-0.39, 0.29) is 13.2 Å². The highest BCUT2D eigenvalue weighted by Gasteiger charge is 2.16. The highest BCUT2D eigenvalue weighted by Crippen LogP contribution is 2.33. The van der Waals surface area contributed by atoms with Gasteiger partial charge >= 0.3 is 0 Å². The maximum Gasteiger partial charge on any atom is 0.258 e. The number of aryl methyl sites for hydroxylation is 2. The van der Waals surface area contributed by atoms with E-state index in [1.807, 2.05) is 32.0 Å². The molecular weight excluding hydrogens is 430 g/mol. The monoisotopic (exact) mass is 459 g/mol. The van der Waals surface area contributed by atoms with E-state index in [4.69, 9.17) is 14.3 Å². The second-order valence-corrected chi connectivity index (χ2v) is 9.31. The summed E-state index contributed by atoms with van der Waals surface area (Å²) in [6.45, 7) is 7.59. The molecule has 0 saturated carbocycles. The molecule has 2 aromatic heterocycles. The number of benzene rings is 1. The van der Waals surface area contributed by atoms with Crippen LogP contribution in [0.25, 0.3) is 22.2 Å². The molecule has 1 aromatic carbocycles. The van der Waals surface area contributed by atoms with Gasteiger partial charge in [-0.2, -0.15) is 0 Å². The van der Waals surface area contributed by atoms with Crippen molar-refractivity contribution in [3.05, 3.63) is 40.3 Å². The van der Waals surface area contributed by atoms with Crippen molar-refractivity contribution in [1.82, 2.24) is 15.5 Å². The second kappa shape index (κ2) is 10.7. The second-order valence-electron chi connectivity index (χ2n) is 8.14. The number of carbonyl (C=O) groups is 1. The normalized spacial score (nSPS) is 12.2. The minimum atomic E-state index is -0.895. The number of nitrogens with zero attached hydrogens (tertiary/aromatic N) is 2. The Balaban J connectivity index is 1.68. The van der Waals surface area contributed by atoms with Gasteiger partial charge in [0, 0.05) is 17.0 Å². The van der Waals surface area contributed by atoms with Gasteiger partial charge in [0.1, 0.15) is 25.1 Å². The molecule has 0 unspecified atom stereocenters. The van der Waals surface area contributed by atoms with Gasteiger partial charge in [-0.15, -0.1) is 21.5 Å². The molecule has 1 atom stereocenters. The topological polar surface area (TPSA) is 118 Å². The van der Waals surface area contributed by atoms with Crippen LogP contribution in [0.5, 0.6) is 5.75 Å². The Kier molecular flexibility index (Phi) is 8.00. The molecule has 32 heavy (non-hydrogen) atoms. The minimum absolute atomic E-state index is 0.00192. The number of hydrogen-bond acceptors (Lipinski definition) is 8. The molecule has 3 rings (SSSR count). The number of nitrogens with one attached hydrogen (secondary N) is 1. The van der Waals surface area contributed by atoms with Crippen molar-refractivity contribution < 1.29 is 24.2 Å². The van der Waals surface area contributed by atoms with Crippen molar-refractivity contribution in [2.24, 2.45) is 5.92 Å². The number of aliphatic hydroxyl groups is 2. The Morgan fingerprint density at radius 2 is 1.88 bits per heavy atom. The van der Waals surface area contributed by atoms with E-state index in [9.17, 15) is 9.90 Å². The van der Waals surface area contributed by atoms with Crippen molar-refractivity contribution in [2.75, 3.05) is 19.8 Å². The molecule has 0 saturated heterocycles. The van der Waals surface area contributed by atoms with Gasteiger partial charge in [-0.1, -0.05) is 13.8 Å². The number of aromatic nitrogens is 2. The molecule has 172 valence electrons. The van der Waals surface area contributed by atoms with Crippen LogP contribution in [0.4, 0.5) is 0 Å². The Morgan fingerprint density at radius 1 is 1.19 bits per heavy atom. The van der Waals surface area contributed by atoms with Crippen LogP contribution in [0.3, 0.4) is 0 Å². The lowest BCUT2D eigenvalue weighted by Crippen LogP contribution is -2.36. The van der Waals surface area contributed by atoms with Gasteiger partial charge in [0.25, 0.3) is 5.89 Å². The van der Waals surface area contributed by atoms with Gasteiger partial charge in [0.05, 0.1) is 4.88 Å². The van der Waals surface area contributed by atoms with Gasteiger partial charge in [0.15, 0.2) is 0 Å². The molecule has 3 aromatic rings. The minimum Gasteiger partial charge on any atom is -0.490 e. The van der Waals surface area contributed by atoms with Crippen LogP contribution >= 0.6 is 11.3 Å². The van der Waals surface area contributed by atoms with Gasteiger partial charge in [-0.3, -0.25) is 4.79 Å². The van der Waals surface area contributed by atoms with Crippen molar-refractivity contribution in [3.63, 3.8) is 0 Å². The first kappa shape index (κ1) is 23.9. The Morgan fingerprint density at radius 3 is 2.53 bits per heavy atom. The van der Waals surface area contributed by atoms with E-state index in [0.29, 0.717) is 23.4 Å². The first-order valence-corrected chi connectivity index (χ1v) is 11.3. The molecular formula is C23H29N3O5S. The van der Waals surface area contributed by atoms with Gasteiger partial charge < -0.3 is 24.7 Å². The molecule has 2 heterocycles. The molecule has 0 aliphatic rings. The SMILES string of the molecule is Cc1cc(-c2nnc(-c3ccc(CC(C)C)s3)o2)cc(C)c1OC[C@@H](O)CNC(=O)CO.